The maximum absolute atomic E-state index is 8.74. The van der Waals surface area contributed by atoms with Crippen LogP contribution in [0.25, 0.3) is 0 Å². The molecule has 0 unspecified atom stereocenters. The van der Waals surface area contributed by atoms with E-state index in [1.165, 1.54) is 305 Å². The van der Waals surface area contributed by atoms with Crippen LogP contribution in [-0.4, -0.2) is 25.2 Å². The van der Waals surface area contributed by atoms with Gasteiger partial charge in [-0.05, 0) is 48.4 Å². The predicted molar refractivity (Wildman–Crippen MR) is 288 cm³/mol. The van der Waals surface area contributed by atoms with Crippen molar-refractivity contribution < 1.29 is 8.23 Å². The van der Waals surface area contributed by atoms with Gasteiger partial charge in [0.25, 0.3) is 0 Å². The number of hydrogen-bond acceptors (Lipinski definition) is 2. The highest BCUT2D eigenvalue weighted by Crippen LogP contribution is 2.43. The summed E-state index contributed by atoms with van der Waals surface area (Å²) < 4.78 is 17.5. The van der Waals surface area contributed by atoms with Crippen LogP contribution in [-0.2, 0) is 8.23 Å². The molecule has 0 heterocycles. The van der Waals surface area contributed by atoms with Crippen LogP contribution in [0.15, 0.2) is 0 Å². The summed E-state index contributed by atoms with van der Waals surface area (Å²) in [5, 5.41) is 0. The highest BCUT2D eigenvalue weighted by atomic mass is 28.5. The van der Waals surface area contributed by atoms with Gasteiger partial charge in [-0.1, -0.05) is 312 Å². The van der Waals surface area contributed by atoms with Gasteiger partial charge in [-0.25, -0.2) is 0 Å². The second-order valence-corrected chi connectivity index (χ2v) is 33.0. The molecule has 0 N–H and O–H groups in total. The van der Waals surface area contributed by atoms with Crippen molar-refractivity contribution in [3.63, 3.8) is 0 Å². The van der Waals surface area contributed by atoms with Gasteiger partial charge < -0.3 is 8.23 Å². The SMILES string of the molecule is CCCCCCC[Si](CCCCCCC)(CCCCCCC)O[Si](CCCCCCC)(CCCCCCC)O[Si](CCCCCCC)(CCCCCCC)CCCCCCC. The largest absolute Gasteiger partial charge is 0.436 e. The van der Waals surface area contributed by atoms with Crippen LogP contribution in [0.2, 0.25) is 48.4 Å². The minimum absolute atomic E-state index is 1.32. The molecular formula is C56H120O2Si3. The maximum atomic E-state index is 8.74. The minimum atomic E-state index is -2.52. The standard InChI is InChI=1S/C56H120O2Si3/c1-9-17-25-33-41-49-59(50-42-34-26-18-10-2,51-43-35-27-19-11-3)57-61(55-47-39-31-23-15-7,56-48-40-32-24-16-8)58-60(52-44-36-28-20-12-4,53-45-37-29-21-13-5)54-46-38-30-22-14-6/h9-56H2,1-8H3. The molecule has 368 valence electrons. The summed E-state index contributed by atoms with van der Waals surface area (Å²) in [6.07, 6.45) is 55.9. The topological polar surface area (TPSA) is 18.5 Å². The van der Waals surface area contributed by atoms with Crippen LogP contribution in [0, 0.1) is 0 Å². The maximum Gasteiger partial charge on any atom is 0.317 e. The van der Waals surface area contributed by atoms with Gasteiger partial charge in [0, 0.05) is 0 Å². The quantitative estimate of drug-likeness (QED) is 0.0447. The van der Waals surface area contributed by atoms with Crippen molar-refractivity contribution in [2.24, 2.45) is 0 Å². The van der Waals surface area contributed by atoms with E-state index in [1.807, 2.05) is 0 Å². The Morgan fingerprint density at radius 2 is 0.328 bits per heavy atom. The highest BCUT2D eigenvalue weighted by molar-refractivity contribution is 6.90. The highest BCUT2D eigenvalue weighted by Gasteiger charge is 2.50. The second-order valence-electron chi connectivity index (χ2n) is 20.8. The molecule has 0 aromatic rings. The fraction of sp³-hybridized carbons (Fsp3) is 1.00. The van der Waals surface area contributed by atoms with Crippen molar-refractivity contribution in [3.8, 4) is 0 Å². The van der Waals surface area contributed by atoms with Crippen molar-refractivity contribution in [3.05, 3.63) is 0 Å². The Balaban J connectivity index is 7.56. The summed E-state index contributed by atoms with van der Waals surface area (Å²) in [6, 6.07) is 11.2. The third kappa shape index (κ3) is 35.4. The summed E-state index contributed by atoms with van der Waals surface area (Å²) in [5.41, 5.74) is 0. The summed E-state index contributed by atoms with van der Waals surface area (Å²) in [6.45, 7) is 19.1. The zero-order chi connectivity index (χ0) is 44.9. The monoisotopic (exact) mass is 909 g/mol. The van der Waals surface area contributed by atoms with Crippen LogP contribution < -0.4 is 0 Å². The lowest BCUT2D eigenvalue weighted by atomic mass is 10.2. The Morgan fingerprint density at radius 1 is 0.180 bits per heavy atom. The van der Waals surface area contributed by atoms with Crippen molar-refractivity contribution in [2.45, 2.75) is 361 Å². The first-order valence-corrected chi connectivity index (χ1v) is 36.6. The van der Waals surface area contributed by atoms with Crippen LogP contribution in [0.4, 0.5) is 0 Å². The van der Waals surface area contributed by atoms with Crippen LogP contribution in [0.1, 0.15) is 312 Å². The molecule has 0 saturated heterocycles. The average Bonchev–Trinajstić information content (AvgIpc) is 3.26. The third-order valence-electron chi connectivity index (χ3n) is 14.5. The lowest BCUT2D eigenvalue weighted by Gasteiger charge is -2.48. The summed E-state index contributed by atoms with van der Waals surface area (Å²) in [7, 11) is -6.61. The van der Waals surface area contributed by atoms with Gasteiger partial charge in [0.15, 0.2) is 16.6 Å². The first-order valence-electron chi connectivity index (χ1n) is 29.3. The molecule has 0 spiro atoms. The Labute approximate surface area is 392 Å². The van der Waals surface area contributed by atoms with E-state index in [9.17, 15) is 0 Å². The molecule has 0 radical (unpaired) electrons. The molecule has 0 bridgehead atoms. The third-order valence-corrected chi connectivity index (χ3v) is 30.8. The van der Waals surface area contributed by atoms with E-state index in [1.54, 1.807) is 0 Å². The molecule has 5 heteroatoms. The van der Waals surface area contributed by atoms with Crippen molar-refractivity contribution in [1.82, 2.24) is 0 Å². The Bertz CT molecular complexity index is 712. The van der Waals surface area contributed by atoms with Crippen LogP contribution >= 0.6 is 0 Å². The molecule has 0 aliphatic heterocycles. The van der Waals surface area contributed by atoms with Crippen molar-refractivity contribution in [1.29, 1.82) is 0 Å². The van der Waals surface area contributed by atoms with Crippen LogP contribution in [0.5, 0.6) is 0 Å². The summed E-state index contributed by atoms with van der Waals surface area (Å²) in [5.74, 6) is 0. The average molecular weight is 910 g/mol. The molecule has 0 aliphatic carbocycles. The normalized spacial score (nSPS) is 12.6. The molecule has 0 atom stereocenters. The molecule has 0 rings (SSSR count). The van der Waals surface area contributed by atoms with Crippen LogP contribution in [0.3, 0.4) is 0 Å². The second kappa shape index (κ2) is 45.7. The van der Waals surface area contributed by atoms with E-state index in [0.29, 0.717) is 0 Å². The molecule has 0 fully saturated rings. The molecule has 2 nitrogen and oxygen atoms in total. The molecular weight excluding hydrogens is 789 g/mol. The number of hydrogen-bond donors (Lipinski definition) is 0. The molecule has 0 aromatic heterocycles. The smallest absolute Gasteiger partial charge is 0.317 e. The van der Waals surface area contributed by atoms with Gasteiger partial charge in [-0.2, -0.15) is 0 Å². The fourth-order valence-electron chi connectivity index (χ4n) is 10.5. The number of unbranched alkanes of at least 4 members (excludes halogenated alkanes) is 32. The zero-order valence-corrected chi connectivity index (χ0v) is 47.3. The zero-order valence-electron chi connectivity index (χ0n) is 44.3. The van der Waals surface area contributed by atoms with E-state index in [2.05, 4.69) is 55.4 Å². The predicted octanol–water partition coefficient (Wildman–Crippen LogP) is 22.1. The van der Waals surface area contributed by atoms with Gasteiger partial charge >= 0.3 is 8.56 Å². The van der Waals surface area contributed by atoms with Crippen molar-refractivity contribution in [2.75, 3.05) is 0 Å². The lowest BCUT2D eigenvalue weighted by molar-refractivity contribution is 0.340. The molecule has 0 saturated carbocycles. The van der Waals surface area contributed by atoms with E-state index in [0.717, 1.165) is 0 Å². The van der Waals surface area contributed by atoms with Crippen molar-refractivity contribution >= 4 is 25.2 Å². The van der Waals surface area contributed by atoms with E-state index < -0.39 is 25.2 Å². The Morgan fingerprint density at radius 3 is 0.492 bits per heavy atom. The lowest BCUT2D eigenvalue weighted by Crippen LogP contribution is -2.59. The first kappa shape index (κ1) is 61.6. The summed E-state index contributed by atoms with van der Waals surface area (Å²) in [4.78, 5) is 0. The van der Waals surface area contributed by atoms with E-state index >= 15 is 0 Å². The van der Waals surface area contributed by atoms with Gasteiger partial charge in [0.1, 0.15) is 0 Å². The first-order chi connectivity index (χ1) is 29.9. The summed E-state index contributed by atoms with van der Waals surface area (Å²) >= 11 is 0. The Hall–Kier alpha value is 0.571. The molecule has 0 amide bonds. The Kier molecular flexibility index (Phi) is 46.1. The van der Waals surface area contributed by atoms with E-state index in [-0.39, 0.29) is 0 Å². The molecule has 0 aliphatic rings. The number of rotatable bonds is 52. The van der Waals surface area contributed by atoms with Gasteiger partial charge in [0.05, 0.1) is 0 Å². The molecule has 0 aromatic carbocycles. The van der Waals surface area contributed by atoms with Gasteiger partial charge in [-0.15, -0.1) is 0 Å². The fourth-order valence-corrected chi connectivity index (χ4v) is 30.1. The van der Waals surface area contributed by atoms with E-state index in [4.69, 9.17) is 8.23 Å². The van der Waals surface area contributed by atoms with Gasteiger partial charge in [0.2, 0.25) is 0 Å². The molecule has 61 heavy (non-hydrogen) atoms. The minimum Gasteiger partial charge on any atom is -0.436 e. The van der Waals surface area contributed by atoms with Gasteiger partial charge in [-0.3, -0.25) is 0 Å².